The number of nitrogens with zero attached hydrogens (tertiary/aromatic N) is 3. The van der Waals surface area contributed by atoms with Gasteiger partial charge in [-0.05, 0) is 42.0 Å². The van der Waals surface area contributed by atoms with Crippen molar-refractivity contribution in [3.63, 3.8) is 0 Å². The normalized spacial score (nSPS) is 19.3. The van der Waals surface area contributed by atoms with Gasteiger partial charge in [0.15, 0.2) is 4.99 Å². The van der Waals surface area contributed by atoms with Gasteiger partial charge in [0.25, 0.3) is 9.84 Å². The van der Waals surface area contributed by atoms with Crippen molar-refractivity contribution in [2.24, 2.45) is 0 Å². The molecule has 1 aliphatic heterocycles. The Labute approximate surface area is 199 Å². The summed E-state index contributed by atoms with van der Waals surface area (Å²) in [5, 5.41) is 0. The van der Waals surface area contributed by atoms with Crippen molar-refractivity contribution >= 4 is 44.7 Å². The molecule has 0 unspecified atom stereocenters. The minimum absolute atomic E-state index is 0.271. The molecule has 2 heterocycles. The summed E-state index contributed by atoms with van der Waals surface area (Å²) in [5.41, 5.74) is -7.91. The van der Waals surface area contributed by atoms with Crippen LogP contribution < -0.4 is 4.90 Å². The van der Waals surface area contributed by atoms with Crippen LogP contribution >= 0.6 is 12.2 Å². The molecule has 3 rings (SSSR count). The van der Waals surface area contributed by atoms with Crippen LogP contribution in [0.1, 0.15) is 12.5 Å². The first-order chi connectivity index (χ1) is 16.0. The molecule has 0 N–H and O–H groups in total. The van der Waals surface area contributed by atoms with Crippen molar-refractivity contribution in [3.05, 3.63) is 54.4 Å². The average Bonchev–Trinajstić information content (AvgIpc) is 2.93. The molecule has 8 nitrogen and oxygen atoms in total. The number of halogens is 6. The van der Waals surface area contributed by atoms with Gasteiger partial charge < -0.3 is 4.74 Å². The van der Waals surface area contributed by atoms with E-state index in [0.29, 0.717) is 27.5 Å². The molecule has 1 fully saturated rings. The largest absolute Gasteiger partial charge is 0.501 e. The third-order valence-corrected chi connectivity index (χ3v) is 6.92. The van der Waals surface area contributed by atoms with E-state index in [4.69, 9.17) is 12.2 Å². The van der Waals surface area contributed by atoms with Crippen molar-refractivity contribution in [2.45, 2.75) is 35.8 Å². The summed E-state index contributed by atoms with van der Waals surface area (Å²) >= 11 is 5.14. The van der Waals surface area contributed by atoms with Crippen LogP contribution in [-0.4, -0.2) is 52.7 Å². The van der Waals surface area contributed by atoms with Crippen LogP contribution in [0, 0.1) is 0 Å². The number of amides is 2. The number of pyridine rings is 1. The molecule has 0 radical (unpaired) electrons. The van der Waals surface area contributed by atoms with Gasteiger partial charge in [-0.15, -0.1) is 0 Å². The third-order valence-electron chi connectivity index (χ3n) is 4.86. The summed E-state index contributed by atoms with van der Waals surface area (Å²) in [6, 6.07) is 4.52. The highest BCUT2D eigenvalue weighted by Gasteiger charge is 2.58. The van der Waals surface area contributed by atoms with Gasteiger partial charge in [0.05, 0.1) is 17.1 Å². The predicted octanol–water partition coefficient (Wildman–Crippen LogP) is 3.97. The van der Waals surface area contributed by atoms with Gasteiger partial charge in [0, 0.05) is 19.3 Å². The minimum Gasteiger partial charge on any atom is -0.425 e. The number of anilines is 1. The Morgan fingerprint density at radius 3 is 2.09 bits per heavy atom. The highest BCUT2D eigenvalue weighted by atomic mass is 32.2. The maximum atomic E-state index is 13.2. The number of esters is 1. The lowest BCUT2D eigenvalue weighted by Gasteiger charge is -2.32. The van der Waals surface area contributed by atoms with E-state index < -0.39 is 49.1 Å². The van der Waals surface area contributed by atoms with E-state index in [1.165, 1.54) is 24.5 Å². The first kappa shape index (κ1) is 26.3. The summed E-state index contributed by atoms with van der Waals surface area (Å²) in [7, 11) is -5.70. The molecule has 0 bridgehead atoms. The Morgan fingerprint density at radius 2 is 1.60 bits per heavy atom. The summed E-state index contributed by atoms with van der Waals surface area (Å²) in [4.78, 5) is 28.2. The first-order valence-corrected chi connectivity index (χ1v) is 11.2. The Morgan fingerprint density at radius 1 is 1.06 bits per heavy atom. The Bertz CT molecular complexity index is 1270. The highest BCUT2D eigenvalue weighted by molar-refractivity contribution is 7.92. The van der Waals surface area contributed by atoms with E-state index in [1.807, 2.05) is 0 Å². The third kappa shape index (κ3) is 4.80. The average molecular weight is 541 g/mol. The molecule has 188 valence electrons. The van der Waals surface area contributed by atoms with Crippen LogP contribution in [0.4, 0.5) is 36.8 Å². The Kier molecular flexibility index (Phi) is 6.58. The van der Waals surface area contributed by atoms with E-state index in [-0.39, 0.29) is 12.2 Å². The summed E-state index contributed by atoms with van der Waals surface area (Å²) in [6.45, 7) is 0.556. The molecule has 16 heteroatoms. The van der Waals surface area contributed by atoms with Crippen LogP contribution in [0.5, 0.6) is 0 Å². The molecule has 0 saturated carbocycles. The zero-order valence-electron chi connectivity index (χ0n) is 17.3. The molecule has 1 aromatic heterocycles. The van der Waals surface area contributed by atoms with Gasteiger partial charge in [-0.2, -0.15) is 26.3 Å². The topological polar surface area (TPSA) is 96.9 Å². The number of benzene rings is 1. The number of carbonyl (C=O) groups excluding carboxylic acids is 2. The molecular formula is C19H13F6N3O5S2. The van der Waals surface area contributed by atoms with E-state index >= 15 is 0 Å². The highest BCUT2D eigenvalue weighted by Crippen LogP contribution is 2.38. The zero-order valence-corrected chi connectivity index (χ0v) is 18.9. The van der Waals surface area contributed by atoms with E-state index in [1.54, 1.807) is 0 Å². The second kappa shape index (κ2) is 8.75. The maximum Gasteiger partial charge on any atom is 0.501 e. The SMILES string of the molecule is C[C@]1(OC(=O)C(F)(F)F)C(=S)N(c2ccc(S(=O)(=O)C(F)(F)F)cc2)C(=O)N1Cc1ccncc1. The van der Waals surface area contributed by atoms with Crippen LogP contribution in [-0.2, 0) is 25.9 Å². The van der Waals surface area contributed by atoms with E-state index in [9.17, 15) is 44.3 Å². The molecule has 0 aliphatic carbocycles. The molecule has 0 spiro atoms. The monoisotopic (exact) mass is 541 g/mol. The Hall–Kier alpha value is -3.27. The first-order valence-electron chi connectivity index (χ1n) is 9.27. The van der Waals surface area contributed by atoms with Gasteiger partial charge >= 0.3 is 23.7 Å². The van der Waals surface area contributed by atoms with Crippen molar-refractivity contribution in [2.75, 3.05) is 4.90 Å². The number of carbonyl (C=O) groups is 2. The van der Waals surface area contributed by atoms with Crippen LogP contribution in [0.15, 0.2) is 53.7 Å². The summed E-state index contributed by atoms with van der Waals surface area (Å²) in [5.74, 6) is -2.64. The lowest BCUT2D eigenvalue weighted by atomic mass is 10.2. The Balaban J connectivity index is 2.04. The number of urea groups is 1. The van der Waals surface area contributed by atoms with Crippen LogP contribution in [0.2, 0.25) is 0 Å². The smallest absolute Gasteiger partial charge is 0.425 e. The molecule has 35 heavy (non-hydrogen) atoms. The number of rotatable bonds is 5. The van der Waals surface area contributed by atoms with Crippen LogP contribution in [0.25, 0.3) is 0 Å². The van der Waals surface area contributed by atoms with Crippen molar-refractivity contribution in [3.8, 4) is 0 Å². The van der Waals surface area contributed by atoms with E-state index in [0.717, 1.165) is 19.1 Å². The number of hydrogen-bond acceptors (Lipinski definition) is 7. The number of aromatic nitrogens is 1. The molecule has 1 saturated heterocycles. The number of thiocarbonyl (C=S) groups is 1. The standard InChI is InChI=1S/C19H13F6N3O5S2/c1-17(33-15(29)18(20,21)22)14(34)28(16(30)27(17)10-11-6-8-26-9-7-11)12-2-4-13(5-3-12)35(31,32)19(23,24)25/h2-9H,10H2,1H3/t17-/m0/s1. The summed E-state index contributed by atoms with van der Waals surface area (Å²) < 4.78 is 105. The van der Waals surface area contributed by atoms with Gasteiger partial charge in [-0.3, -0.25) is 14.8 Å². The van der Waals surface area contributed by atoms with Gasteiger partial charge in [0.1, 0.15) is 0 Å². The number of ether oxygens (including phenoxy) is 1. The molecule has 1 atom stereocenters. The minimum atomic E-state index is -5.70. The lowest BCUT2D eigenvalue weighted by Crippen LogP contribution is -2.51. The molecule has 2 aromatic rings. The fraction of sp³-hybridized carbons (Fsp3) is 0.263. The zero-order chi connectivity index (χ0) is 26.4. The van der Waals surface area contributed by atoms with Crippen molar-refractivity contribution in [1.29, 1.82) is 0 Å². The molecule has 1 aromatic carbocycles. The fourth-order valence-corrected chi connectivity index (χ4v) is 4.17. The number of hydrogen-bond donors (Lipinski definition) is 0. The molecule has 1 aliphatic rings. The van der Waals surface area contributed by atoms with Crippen LogP contribution in [0.3, 0.4) is 0 Å². The van der Waals surface area contributed by atoms with Gasteiger partial charge in [-0.25, -0.2) is 18.0 Å². The maximum absolute atomic E-state index is 13.2. The number of sulfone groups is 1. The second-order valence-corrected chi connectivity index (χ2v) is 9.51. The second-order valence-electron chi connectivity index (χ2n) is 7.18. The van der Waals surface area contributed by atoms with Gasteiger partial charge in [0.2, 0.25) is 5.72 Å². The van der Waals surface area contributed by atoms with Crippen molar-refractivity contribution in [1.82, 2.24) is 9.88 Å². The number of alkyl halides is 6. The quantitative estimate of drug-likeness (QED) is 0.321. The summed E-state index contributed by atoms with van der Waals surface area (Å²) in [6.07, 6.45) is -2.75. The molecular weight excluding hydrogens is 528 g/mol. The molecule has 2 amide bonds. The van der Waals surface area contributed by atoms with Gasteiger partial charge in [-0.1, -0.05) is 12.2 Å². The fourth-order valence-electron chi connectivity index (χ4n) is 3.08. The van der Waals surface area contributed by atoms with E-state index in [2.05, 4.69) is 9.72 Å². The lowest BCUT2D eigenvalue weighted by molar-refractivity contribution is -0.215. The van der Waals surface area contributed by atoms with Crippen molar-refractivity contribution < 1.29 is 49.1 Å². The predicted molar refractivity (Wildman–Crippen MR) is 110 cm³/mol.